The van der Waals surface area contributed by atoms with Crippen LogP contribution in [0.5, 0.6) is 0 Å². The van der Waals surface area contributed by atoms with Crippen molar-refractivity contribution in [3.8, 4) is 0 Å². The van der Waals surface area contributed by atoms with Gasteiger partial charge in [0.1, 0.15) is 18.3 Å². The topological polar surface area (TPSA) is 101 Å². The molecule has 3 heterocycles. The number of furan rings is 1. The second-order valence-corrected chi connectivity index (χ2v) is 12.8. The molecule has 1 saturated heterocycles. The summed E-state index contributed by atoms with van der Waals surface area (Å²) in [4.78, 5) is 15.8. The average Bonchev–Trinajstić information content (AvgIpc) is 3.47. The number of aryl methyl sites for hydroxylation is 1. The fourth-order valence-electron chi connectivity index (χ4n) is 5.89. The van der Waals surface area contributed by atoms with Gasteiger partial charge >= 0.3 is 10.0 Å². The van der Waals surface area contributed by atoms with Crippen LogP contribution in [0.3, 0.4) is 0 Å². The monoisotopic (exact) mass is 589 g/mol. The maximum absolute atomic E-state index is 14.1. The van der Waals surface area contributed by atoms with Gasteiger partial charge in [0.25, 0.3) is 5.91 Å². The van der Waals surface area contributed by atoms with Crippen LogP contribution in [0.4, 0.5) is 11.6 Å². The summed E-state index contributed by atoms with van der Waals surface area (Å²) >= 11 is 0. The van der Waals surface area contributed by atoms with Crippen LogP contribution >= 0.6 is 12.4 Å². The van der Waals surface area contributed by atoms with Crippen molar-refractivity contribution < 1.29 is 22.4 Å². The van der Waals surface area contributed by atoms with Crippen LogP contribution in [-0.4, -0.2) is 59.9 Å². The summed E-state index contributed by atoms with van der Waals surface area (Å²) in [6.45, 7) is 4.03. The first-order valence-electron chi connectivity index (χ1n) is 13.3. The van der Waals surface area contributed by atoms with Crippen molar-refractivity contribution in [2.75, 3.05) is 44.4 Å². The lowest BCUT2D eigenvalue weighted by Crippen LogP contribution is -2.68. The summed E-state index contributed by atoms with van der Waals surface area (Å²) < 4.78 is 38.4. The summed E-state index contributed by atoms with van der Waals surface area (Å²) in [5.74, 6) is 0.756. The molecule has 1 spiro atoms. The zero-order valence-electron chi connectivity index (χ0n) is 23.1. The summed E-state index contributed by atoms with van der Waals surface area (Å²) in [5.41, 5.74) is 5.23. The highest BCUT2D eigenvalue weighted by atomic mass is 35.5. The van der Waals surface area contributed by atoms with E-state index in [1.165, 1.54) is 6.26 Å². The Morgan fingerprint density at radius 1 is 1.10 bits per heavy atom. The van der Waals surface area contributed by atoms with E-state index < -0.39 is 26.0 Å². The number of fused-ring (bicyclic) bond motifs is 2. The van der Waals surface area contributed by atoms with Gasteiger partial charge in [-0.05, 0) is 44.5 Å². The van der Waals surface area contributed by atoms with Gasteiger partial charge in [-0.2, -0.15) is 13.8 Å². The van der Waals surface area contributed by atoms with Crippen LogP contribution in [-0.2, 0) is 31.6 Å². The first-order chi connectivity index (χ1) is 18.7. The predicted octanol–water partition coefficient (Wildman–Crippen LogP) is 3.66. The molecule has 3 aromatic rings. The maximum atomic E-state index is 14.1. The van der Waals surface area contributed by atoms with Gasteiger partial charge in [0.2, 0.25) is 0 Å². The molecule has 2 N–H and O–H groups in total. The number of benzene rings is 2. The summed E-state index contributed by atoms with van der Waals surface area (Å²) in [7, 11) is -2.07. The van der Waals surface area contributed by atoms with Crippen molar-refractivity contribution in [2.45, 2.75) is 37.8 Å². The first-order valence-corrected chi connectivity index (χ1v) is 15.1. The summed E-state index contributed by atoms with van der Waals surface area (Å²) in [6.07, 6.45) is 2.79. The van der Waals surface area contributed by atoms with E-state index in [9.17, 15) is 13.2 Å². The average molecular weight is 590 g/mol. The Kier molecular flexibility index (Phi) is 8.96. The van der Waals surface area contributed by atoms with Crippen LogP contribution in [0.1, 0.15) is 29.7 Å². The Morgan fingerprint density at radius 2 is 1.77 bits per heavy atom. The number of carbonyl (C=O) groups is 1. The largest absolute Gasteiger partial charge is 0.446 e. The van der Waals surface area contributed by atoms with E-state index in [1.54, 1.807) is 18.0 Å². The van der Waals surface area contributed by atoms with Gasteiger partial charge < -0.3 is 19.4 Å². The van der Waals surface area contributed by atoms with E-state index in [1.807, 2.05) is 67.6 Å². The Morgan fingerprint density at radius 3 is 2.42 bits per heavy atom. The Balaban J connectivity index is 0.00000370. The normalized spacial score (nSPS) is 20.4. The smallest absolute Gasteiger partial charge is 0.321 e. The van der Waals surface area contributed by atoms with Crippen LogP contribution < -0.4 is 19.6 Å². The molecule has 0 radical (unpaired) electrons. The molecule has 2 aliphatic heterocycles. The second kappa shape index (κ2) is 11.9. The number of amides is 1. The highest BCUT2D eigenvalue weighted by Crippen LogP contribution is 2.50. The zero-order valence-corrected chi connectivity index (χ0v) is 24.8. The van der Waals surface area contributed by atoms with Crippen molar-refractivity contribution >= 4 is 39.9 Å². The highest BCUT2D eigenvalue weighted by molar-refractivity contribution is 7.90. The summed E-state index contributed by atoms with van der Waals surface area (Å²) in [5, 5.41) is 3.39. The van der Waals surface area contributed by atoms with Gasteiger partial charge in [-0.3, -0.25) is 4.79 Å². The second-order valence-electron chi connectivity index (χ2n) is 10.7. The van der Waals surface area contributed by atoms with Crippen molar-refractivity contribution in [1.82, 2.24) is 14.7 Å². The lowest BCUT2D eigenvalue weighted by Gasteiger charge is -2.37. The first kappa shape index (κ1) is 30.1. The Hall–Kier alpha value is -2.89. The quantitative estimate of drug-likeness (QED) is 0.367. The fraction of sp³-hybridized carbons (Fsp3) is 0.414. The standard InChI is InChI=1S/C29H36N4O5S.ClH/c1-22-13-14-27(38-22)32(2)25(20-37-19-23-9-5-4-6-10-23)28(34)31-33(39(3,35)36)21-29(15-17-30-18-16-29)24-11-7-8-12-26(24)33;/h4-14,25,30H,15-21H2,1-3H3;1H/p+1. The molecular formula is C29H38ClN4O5S+. The van der Waals surface area contributed by atoms with Gasteiger partial charge in [-0.25, -0.2) is 0 Å². The third-order valence-corrected chi connectivity index (χ3v) is 9.59. The zero-order chi connectivity index (χ0) is 27.7. The number of para-hydroxylation sites is 1. The van der Waals surface area contributed by atoms with Crippen LogP contribution in [0, 0.1) is 6.92 Å². The number of ether oxygens (including phenoxy) is 1. The number of carbonyl (C=O) groups excluding carboxylic acids is 1. The lowest BCUT2D eigenvalue weighted by atomic mass is 9.75. The van der Waals surface area contributed by atoms with E-state index in [-0.39, 0.29) is 31.0 Å². The van der Waals surface area contributed by atoms with Gasteiger partial charge in [0.05, 0.1) is 24.9 Å². The molecule has 40 heavy (non-hydrogen) atoms. The minimum atomic E-state index is -3.83. The third-order valence-electron chi connectivity index (χ3n) is 8.04. The van der Waals surface area contributed by atoms with Crippen LogP contribution in [0.25, 0.3) is 0 Å². The molecule has 2 aliphatic rings. The number of anilines is 1. The SMILES string of the molecule is Cc1ccc(N(C)C(COCc2ccccc2)C(=O)N[N+]2(S(C)(=O)=O)CC3(CCNCC3)c3ccccc32)o1.Cl. The van der Waals surface area contributed by atoms with E-state index in [4.69, 9.17) is 9.15 Å². The number of halogens is 1. The van der Waals surface area contributed by atoms with E-state index in [0.29, 0.717) is 23.9 Å². The molecule has 2 unspecified atom stereocenters. The van der Waals surface area contributed by atoms with Gasteiger partial charge in [-0.15, -0.1) is 12.4 Å². The number of likely N-dealkylation sites (N-methyl/N-ethyl adjacent to an activating group) is 1. The summed E-state index contributed by atoms with van der Waals surface area (Å²) in [6, 6.07) is 20.1. The van der Waals surface area contributed by atoms with Gasteiger partial charge in [-0.1, -0.05) is 52.5 Å². The number of sulfonamides is 1. The molecule has 1 amide bonds. The number of quaternary nitrogens is 1. The van der Waals surface area contributed by atoms with Crippen molar-refractivity contribution in [3.05, 3.63) is 83.6 Å². The third kappa shape index (κ3) is 5.64. The number of piperidine rings is 1. The molecule has 5 rings (SSSR count). The number of nitrogens with one attached hydrogen (secondary N) is 2. The molecule has 1 fully saturated rings. The number of hydrogen-bond donors (Lipinski definition) is 2. The molecule has 9 nitrogen and oxygen atoms in total. The molecule has 0 bridgehead atoms. The van der Waals surface area contributed by atoms with Crippen LogP contribution in [0.15, 0.2) is 71.1 Å². The van der Waals surface area contributed by atoms with E-state index >= 15 is 0 Å². The molecule has 0 saturated carbocycles. The van der Waals surface area contributed by atoms with Crippen molar-refractivity contribution in [1.29, 1.82) is 0 Å². The van der Waals surface area contributed by atoms with Crippen molar-refractivity contribution in [3.63, 3.8) is 0 Å². The fourth-order valence-corrected chi connectivity index (χ4v) is 7.14. The molecule has 1 aromatic heterocycles. The molecular weight excluding hydrogens is 552 g/mol. The molecule has 2 atom stereocenters. The van der Waals surface area contributed by atoms with Gasteiger partial charge in [0.15, 0.2) is 11.6 Å². The maximum Gasteiger partial charge on any atom is 0.321 e. The van der Waals surface area contributed by atoms with Crippen LogP contribution in [0.2, 0.25) is 0 Å². The molecule has 11 heteroatoms. The Bertz CT molecular complexity index is 1420. The lowest BCUT2D eigenvalue weighted by molar-refractivity contribution is -0.126. The van der Waals surface area contributed by atoms with Crippen molar-refractivity contribution in [2.24, 2.45) is 0 Å². The Labute approximate surface area is 242 Å². The molecule has 0 aliphatic carbocycles. The van der Waals surface area contributed by atoms with E-state index in [0.717, 1.165) is 37.1 Å². The number of nitrogens with zero attached hydrogens (tertiary/aromatic N) is 2. The van der Waals surface area contributed by atoms with Gasteiger partial charge in [0, 0.05) is 24.7 Å². The van der Waals surface area contributed by atoms with E-state index in [2.05, 4.69) is 10.7 Å². The predicted molar refractivity (Wildman–Crippen MR) is 159 cm³/mol. The number of rotatable bonds is 9. The highest BCUT2D eigenvalue weighted by Gasteiger charge is 2.60. The molecule has 216 valence electrons. The number of hydrogen-bond acceptors (Lipinski definition) is 7. The molecule has 2 aromatic carbocycles. The minimum Gasteiger partial charge on any atom is -0.446 e. The minimum absolute atomic E-state index is 0.